The van der Waals surface area contributed by atoms with Gasteiger partial charge in [0.1, 0.15) is 36.5 Å². The molecule has 166 valence electrons. The van der Waals surface area contributed by atoms with E-state index in [2.05, 4.69) is 20.1 Å². The molecule has 0 spiro atoms. The number of aromatic nitrogens is 3. The van der Waals surface area contributed by atoms with E-state index in [9.17, 15) is 14.8 Å². The number of ether oxygens (including phenoxy) is 1. The number of hydrogen-bond donors (Lipinski definition) is 4. The van der Waals surface area contributed by atoms with E-state index >= 15 is 0 Å². The smallest absolute Gasteiger partial charge is 0.352 e. The highest BCUT2D eigenvalue weighted by Gasteiger charge is 2.45. The van der Waals surface area contributed by atoms with E-state index in [4.69, 9.17) is 26.1 Å². The number of halogens is 1. The molecule has 13 heteroatoms. The van der Waals surface area contributed by atoms with E-state index in [0.717, 1.165) is 32.3 Å². The van der Waals surface area contributed by atoms with Crippen molar-refractivity contribution >= 4 is 30.5 Å². The van der Waals surface area contributed by atoms with E-state index in [1.54, 1.807) is 12.1 Å². The van der Waals surface area contributed by atoms with E-state index in [1.807, 2.05) is 0 Å². The molecule has 3 heterocycles. The number of nitrogens with zero attached hydrogens (tertiary/aromatic N) is 3. The SMILES string of the molecule is CP(=O)(O)OOC[C@H]1O[C@@H](c2ccc3c(NC4CCCC4)nc(Cl)nn23)[C@H](O)[C@@H]1O. The van der Waals surface area contributed by atoms with Crippen LogP contribution in [-0.4, -0.2) is 67.3 Å². The van der Waals surface area contributed by atoms with Gasteiger partial charge in [-0.25, -0.2) is 9.40 Å². The number of nitrogens with one attached hydrogen (secondary N) is 1. The molecule has 2 aromatic heterocycles. The molecule has 4 N–H and O–H groups in total. The van der Waals surface area contributed by atoms with Crippen molar-refractivity contribution in [2.45, 2.75) is 56.1 Å². The first-order valence-corrected chi connectivity index (χ1v) is 12.1. The molecule has 2 aliphatic rings. The molecule has 0 radical (unpaired) electrons. The van der Waals surface area contributed by atoms with Gasteiger partial charge in [-0.05, 0) is 36.6 Å². The molecule has 0 aromatic carbocycles. The van der Waals surface area contributed by atoms with Crippen molar-refractivity contribution in [1.29, 1.82) is 0 Å². The number of aliphatic hydroxyl groups is 2. The van der Waals surface area contributed by atoms with Gasteiger partial charge in [0.2, 0.25) is 5.28 Å². The summed E-state index contributed by atoms with van der Waals surface area (Å²) in [5.74, 6) is 0.594. The molecule has 30 heavy (non-hydrogen) atoms. The summed E-state index contributed by atoms with van der Waals surface area (Å²) in [6.45, 7) is 0.616. The van der Waals surface area contributed by atoms with E-state index < -0.39 is 32.0 Å². The van der Waals surface area contributed by atoms with Gasteiger partial charge in [0.25, 0.3) is 0 Å². The minimum Gasteiger partial charge on any atom is -0.387 e. The number of hydrogen-bond acceptors (Lipinski definition) is 9. The number of fused-ring (bicyclic) bond motifs is 1. The quantitative estimate of drug-likeness (QED) is 0.272. The van der Waals surface area contributed by atoms with Crippen LogP contribution < -0.4 is 5.32 Å². The van der Waals surface area contributed by atoms with Crippen LogP contribution in [0.5, 0.6) is 0 Å². The lowest BCUT2D eigenvalue weighted by atomic mass is 10.1. The zero-order chi connectivity index (χ0) is 21.5. The van der Waals surface area contributed by atoms with E-state index in [0.29, 0.717) is 23.1 Å². The average Bonchev–Trinajstić information content (AvgIpc) is 3.37. The zero-order valence-corrected chi connectivity index (χ0v) is 17.9. The first kappa shape index (κ1) is 21.9. The summed E-state index contributed by atoms with van der Waals surface area (Å²) in [5.41, 5.74) is 1.14. The fraction of sp³-hybridized carbons (Fsp3) is 0.647. The summed E-state index contributed by atoms with van der Waals surface area (Å²) in [6.07, 6.45) is -0.0434. The maximum atomic E-state index is 11.1. The van der Waals surface area contributed by atoms with Crippen LogP contribution in [0.4, 0.5) is 5.82 Å². The Labute approximate surface area is 177 Å². The van der Waals surface area contributed by atoms with Crippen LogP contribution >= 0.6 is 19.2 Å². The van der Waals surface area contributed by atoms with Crippen molar-refractivity contribution in [2.24, 2.45) is 0 Å². The van der Waals surface area contributed by atoms with Crippen LogP contribution in [0, 0.1) is 0 Å². The minimum atomic E-state index is -3.84. The second kappa shape index (κ2) is 8.68. The molecule has 5 atom stereocenters. The zero-order valence-electron chi connectivity index (χ0n) is 16.2. The molecule has 2 aromatic rings. The fourth-order valence-electron chi connectivity index (χ4n) is 3.90. The van der Waals surface area contributed by atoms with Gasteiger partial charge in [-0.3, -0.25) is 4.57 Å². The van der Waals surface area contributed by atoms with Gasteiger partial charge in [-0.15, -0.1) is 9.77 Å². The number of aliphatic hydroxyl groups excluding tert-OH is 2. The molecule has 1 aliphatic heterocycles. The highest BCUT2D eigenvalue weighted by molar-refractivity contribution is 7.51. The van der Waals surface area contributed by atoms with Crippen molar-refractivity contribution in [3.8, 4) is 0 Å². The summed E-state index contributed by atoms with van der Waals surface area (Å²) in [7, 11) is -3.84. The molecule has 1 unspecified atom stereocenters. The third-order valence-corrected chi connectivity index (χ3v) is 5.83. The lowest BCUT2D eigenvalue weighted by Gasteiger charge is -2.16. The van der Waals surface area contributed by atoms with Gasteiger partial charge < -0.3 is 25.2 Å². The van der Waals surface area contributed by atoms with Crippen LogP contribution in [0.1, 0.15) is 37.5 Å². The Balaban J connectivity index is 1.55. The standard InChI is InChI=1S/C17H24ClN4O7P/c1-30(25,26)29-27-8-12-13(23)14(24)15(28-12)10-6-7-11-16(19-9-4-2-3-5-9)20-17(18)21-22(10)11/h6-7,9,12-15,23-24H,2-5,8H2,1H3,(H,25,26)(H,19,20,21)/t12-,13-,14-,15+/m1/s1. The fourth-order valence-corrected chi connectivity index (χ4v) is 4.32. The highest BCUT2D eigenvalue weighted by atomic mass is 35.5. The Bertz CT molecular complexity index is 948. The third kappa shape index (κ3) is 4.63. The minimum absolute atomic E-state index is 0.0309. The number of rotatable bonds is 7. The van der Waals surface area contributed by atoms with E-state index in [1.165, 1.54) is 4.52 Å². The lowest BCUT2D eigenvalue weighted by Crippen LogP contribution is -2.33. The summed E-state index contributed by atoms with van der Waals surface area (Å²) < 4.78 is 22.8. The predicted octanol–water partition coefficient (Wildman–Crippen LogP) is 1.66. The van der Waals surface area contributed by atoms with Crippen molar-refractivity contribution in [3.05, 3.63) is 23.1 Å². The molecule has 0 amide bonds. The Morgan fingerprint density at radius 3 is 2.77 bits per heavy atom. The van der Waals surface area contributed by atoms with Gasteiger partial charge in [-0.1, -0.05) is 12.8 Å². The van der Waals surface area contributed by atoms with Crippen molar-refractivity contribution in [2.75, 3.05) is 18.6 Å². The average molecular weight is 463 g/mol. The largest absolute Gasteiger partial charge is 0.387 e. The molecular formula is C17H24ClN4O7P. The molecule has 1 saturated carbocycles. The Morgan fingerprint density at radius 2 is 2.07 bits per heavy atom. The third-order valence-electron chi connectivity index (χ3n) is 5.29. The predicted molar refractivity (Wildman–Crippen MR) is 106 cm³/mol. The van der Waals surface area contributed by atoms with Crippen molar-refractivity contribution in [3.63, 3.8) is 0 Å². The van der Waals surface area contributed by atoms with Crippen molar-refractivity contribution < 1.29 is 34.0 Å². The molecule has 1 aliphatic carbocycles. The van der Waals surface area contributed by atoms with E-state index in [-0.39, 0.29) is 11.9 Å². The first-order chi connectivity index (χ1) is 14.2. The molecule has 1 saturated heterocycles. The van der Waals surface area contributed by atoms with Crippen LogP contribution in [0.25, 0.3) is 5.52 Å². The molecule has 0 bridgehead atoms. The van der Waals surface area contributed by atoms with Crippen LogP contribution in [0.2, 0.25) is 5.28 Å². The molecular weight excluding hydrogens is 439 g/mol. The van der Waals surface area contributed by atoms with Gasteiger partial charge in [0.05, 0.1) is 5.69 Å². The van der Waals surface area contributed by atoms with Gasteiger partial charge in [-0.2, -0.15) is 4.98 Å². The van der Waals surface area contributed by atoms with Gasteiger partial charge >= 0.3 is 7.60 Å². The maximum absolute atomic E-state index is 11.1. The second-order valence-electron chi connectivity index (χ2n) is 7.65. The van der Waals surface area contributed by atoms with Crippen molar-refractivity contribution in [1.82, 2.24) is 14.6 Å². The van der Waals surface area contributed by atoms with Crippen LogP contribution in [-0.2, 0) is 18.9 Å². The summed E-state index contributed by atoms with van der Waals surface area (Å²) in [5, 5.41) is 28.5. The monoisotopic (exact) mass is 462 g/mol. The molecule has 4 rings (SSSR count). The van der Waals surface area contributed by atoms with Crippen LogP contribution in [0.15, 0.2) is 12.1 Å². The highest BCUT2D eigenvalue weighted by Crippen LogP contribution is 2.39. The molecule has 11 nitrogen and oxygen atoms in total. The maximum Gasteiger partial charge on any atom is 0.352 e. The summed E-state index contributed by atoms with van der Waals surface area (Å²) in [4.78, 5) is 18.1. The first-order valence-electron chi connectivity index (χ1n) is 9.68. The molecule has 2 fully saturated rings. The topological polar surface area (TPSA) is 148 Å². The Kier molecular flexibility index (Phi) is 6.34. The normalized spacial score (nSPS) is 29.5. The Hall–Kier alpha value is -1.30. The summed E-state index contributed by atoms with van der Waals surface area (Å²) in [6, 6.07) is 3.82. The lowest BCUT2D eigenvalue weighted by molar-refractivity contribution is -0.236. The second-order valence-corrected chi connectivity index (χ2v) is 9.74. The number of anilines is 1. The van der Waals surface area contributed by atoms with Crippen LogP contribution in [0.3, 0.4) is 0 Å². The summed E-state index contributed by atoms with van der Waals surface area (Å²) >= 11 is 6.13. The Morgan fingerprint density at radius 1 is 1.33 bits per heavy atom. The van der Waals surface area contributed by atoms with Gasteiger partial charge in [0.15, 0.2) is 5.82 Å². The van der Waals surface area contributed by atoms with Gasteiger partial charge in [0, 0.05) is 12.7 Å².